The van der Waals surface area contributed by atoms with Gasteiger partial charge in [0, 0.05) is 19.7 Å². The Morgan fingerprint density at radius 3 is 3.00 bits per heavy atom. The Balaban J connectivity index is 1.63. The lowest BCUT2D eigenvalue weighted by Gasteiger charge is -2.19. The van der Waals surface area contributed by atoms with Crippen LogP contribution in [0.3, 0.4) is 0 Å². The largest absolute Gasteiger partial charge is 0.482 e. The van der Waals surface area contributed by atoms with Crippen LogP contribution in [0.2, 0.25) is 0 Å². The SMILES string of the molecule is CCn1cc(O[C@@H]2COC[C@@H]2NC(=O)c2cc(OC)n(C)n2)cn1. The predicted molar refractivity (Wildman–Crippen MR) is 84.2 cm³/mol. The third kappa shape index (κ3) is 3.35. The number of nitrogens with zero attached hydrogens (tertiary/aromatic N) is 4. The van der Waals surface area contributed by atoms with Crippen molar-refractivity contribution in [1.82, 2.24) is 24.9 Å². The van der Waals surface area contributed by atoms with Crippen molar-refractivity contribution in [3.63, 3.8) is 0 Å². The number of aryl methyl sites for hydroxylation is 2. The molecule has 1 aliphatic rings. The van der Waals surface area contributed by atoms with E-state index >= 15 is 0 Å². The fourth-order valence-electron chi connectivity index (χ4n) is 2.53. The zero-order chi connectivity index (χ0) is 17.1. The van der Waals surface area contributed by atoms with E-state index in [1.54, 1.807) is 24.0 Å². The molecule has 0 aliphatic carbocycles. The van der Waals surface area contributed by atoms with Crippen LogP contribution < -0.4 is 14.8 Å². The van der Waals surface area contributed by atoms with Crippen LogP contribution in [-0.2, 0) is 18.3 Å². The number of rotatable bonds is 6. The minimum atomic E-state index is -0.290. The van der Waals surface area contributed by atoms with Crippen molar-refractivity contribution in [2.24, 2.45) is 7.05 Å². The fourth-order valence-corrected chi connectivity index (χ4v) is 2.53. The minimum Gasteiger partial charge on any atom is -0.482 e. The second kappa shape index (κ2) is 6.91. The molecule has 1 fully saturated rings. The number of hydrogen-bond acceptors (Lipinski definition) is 6. The molecule has 2 aromatic rings. The van der Waals surface area contributed by atoms with Gasteiger partial charge in [0.15, 0.2) is 11.4 Å². The van der Waals surface area contributed by atoms with Gasteiger partial charge in [0.2, 0.25) is 5.88 Å². The molecule has 130 valence electrons. The molecular formula is C15H21N5O4. The van der Waals surface area contributed by atoms with Crippen molar-refractivity contribution in [1.29, 1.82) is 0 Å². The van der Waals surface area contributed by atoms with Crippen LogP contribution in [0.1, 0.15) is 17.4 Å². The molecule has 2 atom stereocenters. The lowest BCUT2D eigenvalue weighted by Crippen LogP contribution is -2.45. The summed E-state index contributed by atoms with van der Waals surface area (Å²) in [6.45, 7) is 3.57. The van der Waals surface area contributed by atoms with Gasteiger partial charge in [-0.05, 0) is 6.92 Å². The number of nitrogens with one attached hydrogen (secondary N) is 1. The van der Waals surface area contributed by atoms with Crippen molar-refractivity contribution < 1.29 is 19.0 Å². The molecule has 9 nitrogen and oxygen atoms in total. The third-order valence-corrected chi connectivity index (χ3v) is 3.84. The molecule has 24 heavy (non-hydrogen) atoms. The molecule has 1 amide bonds. The van der Waals surface area contributed by atoms with Gasteiger partial charge in [-0.3, -0.25) is 9.48 Å². The normalized spacial score (nSPS) is 20.1. The molecule has 0 bridgehead atoms. The Morgan fingerprint density at radius 1 is 1.50 bits per heavy atom. The highest BCUT2D eigenvalue weighted by atomic mass is 16.5. The van der Waals surface area contributed by atoms with Crippen molar-refractivity contribution >= 4 is 5.91 Å². The summed E-state index contributed by atoms with van der Waals surface area (Å²) in [4.78, 5) is 12.4. The molecule has 0 radical (unpaired) electrons. The molecule has 2 aromatic heterocycles. The van der Waals surface area contributed by atoms with E-state index in [1.165, 1.54) is 11.8 Å². The summed E-state index contributed by atoms with van der Waals surface area (Å²) in [5.41, 5.74) is 0.291. The van der Waals surface area contributed by atoms with Crippen molar-refractivity contribution in [3.8, 4) is 11.6 Å². The Labute approximate surface area is 139 Å². The van der Waals surface area contributed by atoms with E-state index < -0.39 is 0 Å². The number of carbonyl (C=O) groups excluding carboxylic acids is 1. The second-order valence-corrected chi connectivity index (χ2v) is 5.50. The fraction of sp³-hybridized carbons (Fsp3) is 0.533. The maximum atomic E-state index is 12.4. The first kappa shape index (κ1) is 16.3. The van der Waals surface area contributed by atoms with Gasteiger partial charge in [-0.15, -0.1) is 0 Å². The molecule has 0 unspecified atom stereocenters. The summed E-state index contributed by atoms with van der Waals surface area (Å²) in [5.74, 6) is 0.885. The van der Waals surface area contributed by atoms with Gasteiger partial charge in [-0.2, -0.15) is 10.2 Å². The van der Waals surface area contributed by atoms with Gasteiger partial charge in [0.1, 0.15) is 6.10 Å². The van der Waals surface area contributed by atoms with E-state index in [9.17, 15) is 4.79 Å². The van der Waals surface area contributed by atoms with Crippen LogP contribution in [0, 0.1) is 0 Å². The first-order valence-corrected chi connectivity index (χ1v) is 7.76. The maximum Gasteiger partial charge on any atom is 0.272 e. The highest BCUT2D eigenvalue weighted by Gasteiger charge is 2.32. The molecule has 3 rings (SSSR count). The van der Waals surface area contributed by atoms with E-state index in [1.807, 2.05) is 13.1 Å². The smallest absolute Gasteiger partial charge is 0.272 e. The molecule has 9 heteroatoms. The van der Waals surface area contributed by atoms with Crippen LogP contribution in [-0.4, -0.2) is 57.9 Å². The van der Waals surface area contributed by atoms with Crippen LogP contribution in [0.4, 0.5) is 0 Å². The van der Waals surface area contributed by atoms with Crippen LogP contribution in [0.5, 0.6) is 11.6 Å². The standard InChI is InChI=1S/C15H21N5O4/c1-4-20-7-10(6-16-20)24-13-9-23-8-12(13)17-15(21)11-5-14(22-3)19(2)18-11/h5-7,12-13H,4,8-9H2,1-3H3,(H,17,21)/t12-,13+/m0/s1. The van der Waals surface area contributed by atoms with Gasteiger partial charge in [0.05, 0.1) is 38.8 Å². The van der Waals surface area contributed by atoms with E-state index in [-0.39, 0.29) is 18.1 Å². The van der Waals surface area contributed by atoms with E-state index in [2.05, 4.69) is 15.5 Å². The van der Waals surface area contributed by atoms with Gasteiger partial charge in [0.25, 0.3) is 5.91 Å². The molecule has 0 spiro atoms. The molecule has 0 saturated carbocycles. The summed E-state index contributed by atoms with van der Waals surface area (Å²) >= 11 is 0. The number of methoxy groups -OCH3 is 1. The number of carbonyl (C=O) groups is 1. The second-order valence-electron chi connectivity index (χ2n) is 5.50. The topological polar surface area (TPSA) is 92.4 Å². The van der Waals surface area contributed by atoms with Gasteiger partial charge < -0.3 is 19.5 Å². The molecule has 1 saturated heterocycles. The molecular weight excluding hydrogens is 314 g/mol. The summed E-state index contributed by atoms with van der Waals surface area (Å²) in [6, 6.07) is 1.34. The summed E-state index contributed by atoms with van der Waals surface area (Å²) in [6.07, 6.45) is 3.21. The highest BCUT2D eigenvalue weighted by molar-refractivity contribution is 5.92. The van der Waals surface area contributed by atoms with Crippen molar-refractivity contribution in [2.75, 3.05) is 20.3 Å². The zero-order valence-corrected chi connectivity index (χ0v) is 13.9. The lowest BCUT2D eigenvalue weighted by molar-refractivity contribution is 0.0898. The Bertz CT molecular complexity index is 711. The van der Waals surface area contributed by atoms with Crippen LogP contribution >= 0.6 is 0 Å². The average Bonchev–Trinajstić information content (AvgIpc) is 3.28. The monoisotopic (exact) mass is 335 g/mol. The Hall–Kier alpha value is -2.55. The van der Waals surface area contributed by atoms with E-state index in [4.69, 9.17) is 14.2 Å². The first-order chi connectivity index (χ1) is 11.6. The van der Waals surface area contributed by atoms with Gasteiger partial charge in [-0.1, -0.05) is 0 Å². The lowest BCUT2D eigenvalue weighted by atomic mass is 10.2. The van der Waals surface area contributed by atoms with Crippen molar-refractivity contribution in [3.05, 3.63) is 24.2 Å². The Kier molecular flexibility index (Phi) is 4.70. The number of amides is 1. The molecule has 1 aliphatic heterocycles. The summed E-state index contributed by atoms with van der Waals surface area (Å²) < 4.78 is 19.7. The highest BCUT2D eigenvalue weighted by Crippen LogP contribution is 2.17. The number of hydrogen-bond donors (Lipinski definition) is 1. The van der Waals surface area contributed by atoms with E-state index in [0.717, 1.165) is 6.54 Å². The predicted octanol–water partition coefficient (Wildman–Crippen LogP) is 0.221. The van der Waals surface area contributed by atoms with E-state index in [0.29, 0.717) is 30.5 Å². The summed E-state index contributed by atoms with van der Waals surface area (Å²) in [5, 5.41) is 11.2. The number of ether oxygens (including phenoxy) is 3. The Morgan fingerprint density at radius 2 is 2.33 bits per heavy atom. The number of aromatic nitrogens is 4. The molecule has 0 aromatic carbocycles. The first-order valence-electron chi connectivity index (χ1n) is 7.76. The summed E-state index contributed by atoms with van der Waals surface area (Å²) in [7, 11) is 3.25. The maximum absolute atomic E-state index is 12.4. The molecule has 3 heterocycles. The quantitative estimate of drug-likeness (QED) is 0.812. The minimum absolute atomic E-state index is 0.254. The average molecular weight is 335 g/mol. The molecule has 1 N–H and O–H groups in total. The zero-order valence-electron chi connectivity index (χ0n) is 13.9. The van der Waals surface area contributed by atoms with Gasteiger partial charge in [-0.25, -0.2) is 4.68 Å². The third-order valence-electron chi connectivity index (χ3n) is 3.84. The van der Waals surface area contributed by atoms with Crippen LogP contribution in [0.15, 0.2) is 18.5 Å². The van der Waals surface area contributed by atoms with Crippen LogP contribution in [0.25, 0.3) is 0 Å². The van der Waals surface area contributed by atoms with Gasteiger partial charge >= 0.3 is 0 Å². The van der Waals surface area contributed by atoms with Crippen molar-refractivity contribution in [2.45, 2.75) is 25.6 Å².